The molecular weight excluding hydrogens is 268 g/mol. The molecule has 0 unspecified atom stereocenters. The van der Waals surface area contributed by atoms with E-state index in [4.69, 9.17) is 0 Å². The number of rotatable bonds is 3. The van der Waals surface area contributed by atoms with Gasteiger partial charge in [-0.1, -0.05) is 6.92 Å². The topological polar surface area (TPSA) is 33.2 Å². The van der Waals surface area contributed by atoms with Crippen LogP contribution in [-0.4, -0.2) is 28.4 Å². The van der Waals surface area contributed by atoms with E-state index >= 15 is 0 Å². The highest BCUT2D eigenvalue weighted by molar-refractivity contribution is 9.10. The maximum atomic E-state index is 12.1. The number of carbonyl (C=O) groups excluding carboxylic acids is 1. The van der Waals surface area contributed by atoms with Gasteiger partial charge in [-0.25, -0.2) is 4.98 Å². The Morgan fingerprint density at radius 2 is 2.12 bits per heavy atom. The van der Waals surface area contributed by atoms with Crippen molar-refractivity contribution in [3.8, 4) is 0 Å². The Bertz CT molecular complexity index is 373. The van der Waals surface area contributed by atoms with Crippen LogP contribution in [0.3, 0.4) is 0 Å². The van der Waals surface area contributed by atoms with Crippen LogP contribution in [-0.2, 0) is 0 Å². The number of carbonyl (C=O) groups is 1. The molecule has 1 aromatic heterocycles. The predicted octanol–water partition coefficient (Wildman–Crippen LogP) is 3.10. The van der Waals surface area contributed by atoms with E-state index in [2.05, 4.69) is 41.7 Å². The first-order valence-electron chi connectivity index (χ1n) is 5.28. The average molecular weight is 285 g/mol. The highest BCUT2D eigenvalue weighted by atomic mass is 79.9. The summed E-state index contributed by atoms with van der Waals surface area (Å²) in [5.74, 6) is 0.00634. The van der Waals surface area contributed by atoms with Crippen LogP contribution >= 0.6 is 15.9 Å². The molecule has 0 aliphatic rings. The monoisotopic (exact) mass is 284 g/mol. The normalized spacial score (nSPS) is 11.3. The van der Waals surface area contributed by atoms with Crippen LogP contribution in [0.4, 0.5) is 0 Å². The van der Waals surface area contributed by atoms with Crippen LogP contribution in [0.1, 0.15) is 37.6 Å². The SMILES string of the molecule is CCC(C)(C)N(C)C(=O)c1ccc(Br)nc1. The van der Waals surface area contributed by atoms with Crippen molar-refractivity contribution >= 4 is 21.8 Å². The lowest BCUT2D eigenvalue weighted by Crippen LogP contribution is -2.44. The van der Waals surface area contributed by atoms with Gasteiger partial charge in [0.05, 0.1) is 5.56 Å². The highest BCUT2D eigenvalue weighted by Gasteiger charge is 2.26. The van der Waals surface area contributed by atoms with Crippen molar-refractivity contribution in [2.45, 2.75) is 32.7 Å². The van der Waals surface area contributed by atoms with Gasteiger partial charge in [0.1, 0.15) is 4.60 Å². The standard InChI is InChI=1S/C12H17BrN2O/c1-5-12(2,3)15(4)11(16)9-6-7-10(13)14-8-9/h6-8H,5H2,1-4H3. The minimum absolute atomic E-state index is 0.00634. The first kappa shape index (κ1) is 13.2. The van der Waals surface area contributed by atoms with E-state index < -0.39 is 0 Å². The molecule has 1 heterocycles. The van der Waals surface area contributed by atoms with E-state index in [1.165, 1.54) is 0 Å². The van der Waals surface area contributed by atoms with Crippen molar-refractivity contribution < 1.29 is 4.79 Å². The fourth-order valence-electron chi connectivity index (χ4n) is 1.21. The number of halogens is 1. The second-order valence-corrected chi connectivity index (χ2v) is 5.21. The minimum Gasteiger partial charge on any atom is -0.337 e. The molecule has 0 atom stereocenters. The summed E-state index contributed by atoms with van der Waals surface area (Å²) < 4.78 is 0.737. The Morgan fingerprint density at radius 3 is 2.56 bits per heavy atom. The number of aromatic nitrogens is 1. The summed E-state index contributed by atoms with van der Waals surface area (Å²) in [7, 11) is 1.83. The zero-order chi connectivity index (χ0) is 12.3. The molecule has 1 rings (SSSR count). The zero-order valence-corrected chi connectivity index (χ0v) is 11.7. The Hall–Kier alpha value is -0.900. The fraction of sp³-hybridized carbons (Fsp3) is 0.500. The largest absolute Gasteiger partial charge is 0.337 e. The van der Waals surface area contributed by atoms with Crippen molar-refractivity contribution in [1.82, 2.24) is 9.88 Å². The molecule has 1 aromatic rings. The number of amides is 1. The lowest BCUT2D eigenvalue weighted by atomic mass is 9.99. The van der Waals surface area contributed by atoms with E-state index in [9.17, 15) is 4.79 Å². The molecule has 0 fully saturated rings. The Morgan fingerprint density at radius 1 is 1.50 bits per heavy atom. The van der Waals surface area contributed by atoms with Gasteiger partial charge >= 0.3 is 0 Å². The van der Waals surface area contributed by atoms with Gasteiger partial charge in [0.25, 0.3) is 5.91 Å². The van der Waals surface area contributed by atoms with Gasteiger partial charge in [0.15, 0.2) is 0 Å². The summed E-state index contributed by atoms with van der Waals surface area (Å²) in [6, 6.07) is 3.56. The lowest BCUT2D eigenvalue weighted by molar-refractivity contribution is 0.0620. The van der Waals surface area contributed by atoms with E-state index in [0.717, 1.165) is 11.0 Å². The van der Waals surface area contributed by atoms with Crippen molar-refractivity contribution in [2.75, 3.05) is 7.05 Å². The van der Waals surface area contributed by atoms with Crippen LogP contribution in [0, 0.1) is 0 Å². The molecule has 4 heteroatoms. The Balaban J connectivity index is 2.90. The van der Waals surface area contributed by atoms with Crippen molar-refractivity contribution in [3.63, 3.8) is 0 Å². The molecule has 0 N–H and O–H groups in total. The predicted molar refractivity (Wildman–Crippen MR) is 68.4 cm³/mol. The van der Waals surface area contributed by atoms with Crippen LogP contribution < -0.4 is 0 Å². The third-order valence-corrected chi connectivity index (χ3v) is 3.52. The molecule has 0 aliphatic heterocycles. The van der Waals surface area contributed by atoms with Gasteiger partial charge in [-0.15, -0.1) is 0 Å². The summed E-state index contributed by atoms with van der Waals surface area (Å²) >= 11 is 3.25. The summed E-state index contributed by atoms with van der Waals surface area (Å²) in [6.07, 6.45) is 2.51. The molecule has 0 aromatic carbocycles. The van der Waals surface area contributed by atoms with E-state index in [1.807, 2.05) is 7.05 Å². The van der Waals surface area contributed by atoms with Gasteiger partial charge in [-0.05, 0) is 48.3 Å². The van der Waals surface area contributed by atoms with E-state index in [-0.39, 0.29) is 11.4 Å². The maximum absolute atomic E-state index is 12.1. The molecule has 0 radical (unpaired) electrons. The fourth-order valence-corrected chi connectivity index (χ4v) is 1.44. The van der Waals surface area contributed by atoms with Gasteiger partial charge in [-0.3, -0.25) is 4.79 Å². The second-order valence-electron chi connectivity index (χ2n) is 4.40. The van der Waals surface area contributed by atoms with Crippen LogP contribution in [0.5, 0.6) is 0 Å². The number of nitrogens with zero attached hydrogens (tertiary/aromatic N) is 2. The number of pyridine rings is 1. The lowest BCUT2D eigenvalue weighted by Gasteiger charge is -2.34. The molecule has 0 saturated carbocycles. The Labute approximate surface area is 105 Å². The second kappa shape index (κ2) is 4.95. The molecule has 3 nitrogen and oxygen atoms in total. The summed E-state index contributed by atoms with van der Waals surface area (Å²) in [5, 5.41) is 0. The summed E-state index contributed by atoms with van der Waals surface area (Å²) in [6.45, 7) is 6.18. The minimum atomic E-state index is -0.135. The van der Waals surface area contributed by atoms with Crippen molar-refractivity contribution in [1.29, 1.82) is 0 Å². The van der Waals surface area contributed by atoms with Crippen LogP contribution in [0.15, 0.2) is 22.9 Å². The summed E-state index contributed by atoms with van der Waals surface area (Å²) in [4.78, 5) is 18.0. The maximum Gasteiger partial charge on any atom is 0.255 e. The van der Waals surface area contributed by atoms with E-state index in [1.54, 1.807) is 23.2 Å². The average Bonchev–Trinajstić information content (AvgIpc) is 2.28. The molecule has 0 saturated heterocycles. The molecule has 88 valence electrons. The molecule has 0 bridgehead atoms. The number of hydrogen-bond acceptors (Lipinski definition) is 2. The zero-order valence-electron chi connectivity index (χ0n) is 10.1. The summed E-state index contributed by atoms with van der Waals surface area (Å²) in [5.41, 5.74) is 0.483. The van der Waals surface area contributed by atoms with E-state index in [0.29, 0.717) is 5.56 Å². The van der Waals surface area contributed by atoms with Crippen LogP contribution in [0.2, 0.25) is 0 Å². The molecule has 1 amide bonds. The Kier molecular flexibility index (Phi) is 4.08. The molecule has 0 aliphatic carbocycles. The molecular formula is C12H17BrN2O. The molecule has 0 spiro atoms. The highest BCUT2D eigenvalue weighted by Crippen LogP contribution is 2.19. The quantitative estimate of drug-likeness (QED) is 0.799. The van der Waals surface area contributed by atoms with Crippen molar-refractivity contribution in [2.24, 2.45) is 0 Å². The third-order valence-electron chi connectivity index (χ3n) is 3.05. The smallest absolute Gasteiger partial charge is 0.255 e. The van der Waals surface area contributed by atoms with Gasteiger partial charge in [0, 0.05) is 18.8 Å². The van der Waals surface area contributed by atoms with Gasteiger partial charge in [-0.2, -0.15) is 0 Å². The first-order chi connectivity index (χ1) is 7.38. The third kappa shape index (κ3) is 2.82. The van der Waals surface area contributed by atoms with Gasteiger partial charge < -0.3 is 4.90 Å². The first-order valence-corrected chi connectivity index (χ1v) is 6.07. The molecule has 16 heavy (non-hydrogen) atoms. The van der Waals surface area contributed by atoms with Crippen LogP contribution in [0.25, 0.3) is 0 Å². The van der Waals surface area contributed by atoms with Crippen molar-refractivity contribution in [3.05, 3.63) is 28.5 Å². The van der Waals surface area contributed by atoms with Gasteiger partial charge in [0.2, 0.25) is 0 Å². The number of hydrogen-bond donors (Lipinski definition) is 0.